The van der Waals surface area contributed by atoms with Crippen LogP contribution in [-0.4, -0.2) is 34.1 Å². The summed E-state index contributed by atoms with van der Waals surface area (Å²) >= 11 is 0. The summed E-state index contributed by atoms with van der Waals surface area (Å²) in [5.41, 5.74) is 1.27. The Morgan fingerprint density at radius 3 is 3.00 bits per heavy atom. The summed E-state index contributed by atoms with van der Waals surface area (Å²) in [5, 5.41) is 4.05. The Morgan fingerprint density at radius 1 is 1.36 bits per heavy atom. The monoisotopic (exact) mass is 343 g/mol. The molecule has 3 rings (SSSR count). The smallest absolute Gasteiger partial charge is 0.252 e. The SMILES string of the molecule is CCOCc1nc(C2CCCN2C(=O)CCCc2ccccc2)no1. The maximum Gasteiger partial charge on any atom is 0.252 e. The molecular weight excluding hydrogens is 318 g/mol. The minimum atomic E-state index is -0.0663. The van der Waals surface area contributed by atoms with Gasteiger partial charge in [0.25, 0.3) is 5.89 Å². The quantitative estimate of drug-likeness (QED) is 0.736. The van der Waals surface area contributed by atoms with Crippen LogP contribution >= 0.6 is 0 Å². The number of likely N-dealkylation sites (tertiary alicyclic amines) is 1. The van der Waals surface area contributed by atoms with Gasteiger partial charge in [-0.2, -0.15) is 4.98 Å². The standard InChI is InChI=1S/C19H25N3O3/c1-2-24-14-17-20-19(21-25-17)16-11-7-13-22(16)18(23)12-6-10-15-8-4-3-5-9-15/h3-5,8-9,16H,2,6-7,10-14H2,1H3. The summed E-state index contributed by atoms with van der Waals surface area (Å²) in [6, 6.07) is 10.2. The van der Waals surface area contributed by atoms with Crippen LogP contribution in [-0.2, 0) is 22.6 Å². The normalized spacial score (nSPS) is 17.2. The fraction of sp³-hybridized carbons (Fsp3) is 0.526. The van der Waals surface area contributed by atoms with E-state index in [0.717, 1.165) is 32.2 Å². The molecule has 134 valence electrons. The Bertz CT molecular complexity index is 672. The second kappa shape index (κ2) is 8.76. The number of carbonyl (C=O) groups excluding carboxylic acids is 1. The van der Waals surface area contributed by atoms with Gasteiger partial charge in [-0.1, -0.05) is 35.5 Å². The average molecular weight is 343 g/mol. The zero-order valence-corrected chi connectivity index (χ0v) is 14.7. The van der Waals surface area contributed by atoms with Crippen molar-refractivity contribution in [3.05, 3.63) is 47.6 Å². The molecule has 1 atom stereocenters. The molecule has 2 aromatic rings. The van der Waals surface area contributed by atoms with Gasteiger partial charge in [-0.15, -0.1) is 0 Å². The Balaban J connectivity index is 1.53. The van der Waals surface area contributed by atoms with Gasteiger partial charge in [-0.05, 0) is 38.2 Å². The van der Waals surface area contributed by atoms with Crippen molar-refractivity contribution in [1.82, 2.24) is 15.0 Å². The summed E-state index contributed by atoms with van der Waals surface area (Å²) < 4.78 is 10.5. The van der Waals surface area contributed by atoms with Gasteiger partial charge >= 0.3 is 0 Å². The van der Waals surface area contributed by atoms with Crippen molar-refractivity contribution in [2.75, 3.05) is 13.2 Å². The number of aryl methyl sites for hydroxylation is 1. The molecule has 0 saturated carbocycles. The van der Waals surface area contributed by atoms with Gasteiger partial charge in [0, 0.05) is 19.6 Å². The molecule has 1 amide bonds. The van der Waals surface area contributed by atoms with E-state index < -0.39 is 0 Å². The van der Waals surface area contributed by atoms with Gasteiger partial charge in [0.1, 0.15) is 6.61 Å². The molecule has 2 heterocycles. The van der Waals surface area contributed by atoms with Crippen molar-refractivity contribution < 1.29 is 14.1 Å². The van der Waals surface area contributed by atoms with E-state index in [2.05, 4.69) is 22.3 Å². The molecule has 0 radical (unpaired) electrons. The number of carbonyl (C=O) groups is 1. The molecular formula is C19H25N3O3. The van der Waals surface area contributed by atoms with Gasteiger partial charge in [0.05, 0.1) is 6.04 Å². The molecule has 1 fully saturated rings. The molecule has 0 N–H and O–H groups in total. The first kappa shape index (κ1) is 17.6. The fourth-order valence-corrected chi connectivity index (χ4v) is 3.22. The first-order valence-electron chi connectivity index (χ1n) is 9.01. The molecule has 1 aromatic carbocycles. The van der Waals surface area contributed by atoms with Crippen LogP contribution in [0.1, 0.15) is 55.9 Å². The molecule has 0 aliphatic carbocycles. The van der Waals surface area contributed by atoms with Gasteiger partial charge in [0.15, 0.2) is 5.82 Å². The lowest BCUT2D eigenvalue weighted by atomic mass is 10.1. The molecule has 1 aliphatic rings. The first-order valence-corrected chi connectivity index (χ1v) is 9.01. The minimum absolute atomic E-state index is 0.0663. The van der Waals surface area contributed by atoms with Crippen LogP contribution in [0.15, 0.2) is 34.9 Å². The highest BCUT2D eigenvalue weighted by atomic mass is 16.5. The van der Waals surface area contributed by atoms with E-state index >= 15 is 0 Å². The molecule has 0 bridgehead atoms. The lowest BCUT2D eigenvalue weighted by Gasteiger charge is -2.22. The van der Waals surface area contributed by atoms with Crippen LogP contribution in [0.5, 0.6) is 0 Å². The number of aromatic nitrogens is 2. The van der Waals surface area contributed by atoms with Crippen molar-refractivity contribution in [2.45, 2.75) is 51.7 Å². The van der Waals surface area contributed by atoms with Crippen LogP contribution in [0, 0.1) is 0 Å². The van der Waals surface area contributed by atoms with Crippen molar-refractivity contribution in [3.63, 3.8) is 0 Å². The highest BCUT2D eigenvalue weighted by Crippen LogP contribution is 2.31. The van der Waals surface area contributed by atoms with Gasteiger partial charge in [0.2, 0.25) is 5.91 Å². The second-order valence-corrected chi connectivity index (χ2v) is 6.27. The van der Waals surface area contributed by atoms with E-state index in [1.807, 2.05) is 30.0 Å². The number of hydrogen-bond donors (Lipinski definition) is 0. The first-order chi connectivity index (χ1) is 12.3. The maximum absolute atomic E-state index is 12.6. The third-order valence-corrected chi connectivity index (χ3v) is 4.48. The lowest BCUT2D eigenvalue weighted by molar-refractivity contribution is -0.132. The number of ether oxygens (including phenoxy) is 1. The Kier molecular flexibility index (Phi) is 6.17. The minimum Gasteiger partial charge on any atom is -0.372 e. The molecule has 0 spiro atoms. The van der Waals surface area contributed by atoms with Gasteiger partial charge < -0.3 is 14.2 Å². The van der Waals surface area contributed by atoms with E-state index in [4.69, 9.17) is 9.26 Å². The molecule has 1 unspecified atom stereocenters. The molecule has 1 saturated heterocycles. The van der Waals surface area contributed by atoms with Crippen molar-refractivity contribution in [2.24, 2.45) is 0 Å². The predicted molar refractivity (Wildman–Crippen MR) is 92.7 cm³/mol. The summed E-state index contributed by atoms with van der Waals surface area (Å²) in [4.78, 5) is 18.9. The Labute approximate surface area is 148 Å². The largest absolute Gasteiger partial charge is 0.372 e. The highest BCUT2D eigenvalue weighted by Gasteiger charge is 2.32. The third kappa shape index (κ3) is 4.66. The van der Waals surface area contributed by atoms with E-state index in [1.54, 1.807) is 0 Å². The molecule has 6 nitrogen and oxygen atoms in total. The zero-order valence-electron chi connectivity index (χ0n) is 14.7. The van der Waals surface area contributed by atoms with Crippen LogP contribution in [0.2, 0.25) is 0 Å². The van der Waals surface area contributed by atoms with E-state index in [9.17, 15) is 4.79 Å². The summed E-state index contributed by atoms with van der Waals surface area (Å²) in [7, 11) is 0. The van der Waals surface area contributed by atoms with Crippen molar-refractivity contribution >= 4 is 5.91 Å². The summed E-state index contributed by atoms with van der Waals surface area (Å²) in [6.07, 6.45) is 4.19. The number of rotatable bonds is 8. The Hall–Kier alpha value is -2.21. The topological polar surface area (TPSA) is 68.5 Å². The third-order valence-electron chi connectivity index (χ3n) is 4.48. The van der Waals surface area contributed by atoms with Crippen LogP contribution < -0.4 is 0 Å². The number of hydrogen-bond acceptors (Lipinski definition) is 5. The lowest BCUT2D eigenvalue weighted by Crippen LogP contribution is -2.31. The van der Waals surface area contributed by atoms with Crippen molar-refractivity contribution in [1.29, 1.82) is 0 Å². The fourth-order valence-electron chi connectivity index (χ4n) is 3.22. The second-order valence-electron chi connectivity index (χ2n) is 6.27. The van der Waals surface area contributed by atoms with Crippen LogP contribution in [0.25, 0.3) is 0 Å². The molecule has 25 heavy (non-hydrogen) atoms. The maximum atomic E-state index is 12.6. The van der Waals surface area contributed by atoms with Crippen LogP contribution in [0.4, 0.5) is 0 Å². The number of benzene rings is 1. The summed E-state index contributed by atoms with van der Waals surface area (Å²) in [6.45, 7) is 3.61. The summed E-state index contributed by atoms with van der Waals surface area (Å²) in [5.74, 6) is 1.25. The van der Waals surface area contributed by atoms with E-state index in [0.29, 0.717) is 31.3 Å². The molecule has 1 aliphatic heterocycles. The zero-order chi connectivity index (χ0) is 17.5. The van der Waals surface area contributed by atoms with E-state index in [-0.39, 0.29) is 11.9 Å². The molecule has 6 heteroatoms. The average Bonchev–Trinajstić information content (AvgIpc) is 3.30. The Morgan fingerprint density at radius 2 is 2.20 bits per heavy atom. The molecule has 1 aromatic heterocycles. The van der Waals surface area contributed by atoms with Gasteiger partial charge in [-0.25, -0.2) is 0 Å². The number of nitrogens with zero attached hydrogens (tertiary/aromatic N) is 3. The van der Waals surface area contributed by atoms with E-state index in [1.165, 1.54) is 5.56 Å². The van der Waals surface area contributed by atoms with Crippen LogP contribution in [0.3, 0.4) is 0 Å². The van der Waals surface area contributed by atoms with Gasteiger partial charge in [-0.3, -0.25) is 4.79 Å². The predicted octanol–water partition coefficient (Wildman–Crippen LogP) is 3.29. The highest BCUT2D eigenvalue weighted by molar-refractivity contribution is 5.76. The number of amides is 1. The van der Waals surface area contributed by atoms with Crippen molar-refractivity contribution in [3.8, 4) is 0 Å².